The fourth-order valence-electron chi connectivity index (χ4n) is 16.1. The average Bonchev–Trinajstić information content (AvgIpc) is 1.62. The number of rotatable bonds is 18. The monoisotopic (exact) mass is 1220 g/mol. The van der Waals surface area contributed by atoms with Crippen molar-refractivity contribution in [3.8, 4) is 0 Å². The van der Waals surface area contributed by atoms with Gasteiger partial charge in [-0.3, -0.25) is 0 Å². The van der Waals surface area contributed by atoms with Crippen molar-refractivity contribution in [2.45, 2.75) is 251 Å². The summed E-state index contributed by atoms with van der Waals surface area (Å²) in [6, 6.07) is 17.5. The molecule has 27 atom stereocenters. The molecule has 4 saturated heterocycles. The van der Waals surface area contributed by atoms with Crippen LogP contribution in [0.3, 0.4) is 0 Å². The predicted molar refractivity (Wildman–Crippen MR) is 309 cm³/mol. The number of fused-ring (bicyclic) bond motifs is 5. The fraction of sp³-hybridized carbons (Fsp3) is 0.723. The fourth-order valence-corrected chi connectivity index (χ4v) is 16.1. The SMILES string of the molecule is CO[C@@H]1[C@@H](O)[C@H](O[C@H]2[C@@H](OC)C[C@H](O[C@H]3[C@@H](OC)C[C@H](O[C@H]4[C@@H](OC)C[C@H](O[C@H]5CC[C@]6(C)[C@H]7C[C@@H](OC(=O)C=Cc8ccccc8)[C@@]8(C)[C@](O)(CC[C@@]8(O)[C@H](C)OC(=O)c8ccccc8)[C@]7(O)C=C[C@@]6(O)C5)O[C@@H]4C)O[C@@H]3C)O[C@@H]2C)O[C@H](C)[C@H]1O. The molecule has 87 heavy (non-hydrogen) atoms. The second kappa shape index (κ2) is 26.0. The van der Waals surface area contributed by atoms with Crippen LogP contribution in [0.5, 0.6) is 0 Å². The lowest BCUT2D eigenvalue weighted by atomic mass is 9.41. The van der Waals surface area contributed by atoms with E-state index < -0.39 is 174 Å². The van der Waals surface area contributed by atoms with Crippen LogP contribution in [0.4, 0.5) is 0 Å². The molecule has 0 radical (unpaired) electrons. The Labute approximate surface area is 509 Å². The molecule has 3 saturated carbocycles. The average molecular weight is 1230 g/mol. The van der Waals surface area contributed by atoms with Gasteiger partial charge < -0.3 is 97.0 Å². The van der Waals surface area contributed by atoms with Crippen LogP contribution < -0.4 is 0 Å². The van der Waals surface area contributed by atoms with Crippen LogP contribution >= 0.6 is 0 Å². The topological polar surface area (TPSA) is 285 Å². The van der Waals surface area contributed by atoms with E-state index in [0.29, 0.717) is 19.3 Å². The summed E-state index contributed by atoms with van der Waals surface area (Å²) in [5.41, 5.74) is -9.83. The Kier molecular flexibility index (Phi) is 19.8. The van der Waals surface area contributed by atoms with Crippen molar-refractivity contribution in [3.05, 3.63) is 90.0 Å². The van der Waals surface area contributed by atoms with Crippen LogP contribution in [0.15, 0.2) is 78.9 Å². The van der Waals surface area contributed by atoms with Crippen molar-refractivity contribution in [3.63, 3.8) is 0 Å². The normalized spacial score (nSPS) is 46.7. The quantitative estimate of drug-likeness (QED) is 0.0662. The number of aliphatic hydroxyl groups excluding tert-OH is 2. The molecule has 4 aliphatic heterocycles. The summed E-state index contributed by atoms with van der Waals surface area (Å²) in [5.74, 6) is -2.36. The molecule has 2 aromatic rings. The van der Waals surface area contributed by atoms with E-state index in [9.17, 15) is 40.2 Å². The third kappa shape index (κ3) is 11.9. The first-order valence-corrected chi connectivity index (χ1v) is 30.8. The van der Waals surface area contributed by atoms with Gasteiger partial charge in [-0.25, -0.2) is 9.59 Å². The molecule has 7 fully saturated rings. The Morgan fingerprint density at radius 3 is 1.71 bits per heavy atom. The van der Waals surface area contributed by atoms with Gasteiger partial charge in [0.2, 0.25) is 0 Å². The maximum atomic E-state index is 14.0. The summed E-state index contributed by atoms with van der Waals surface area (Å²) in [6.45, 7) is 12.3. The smallest absolute Gasteiger partial charge is 0.338 e. The number of esters is 2. The van der Waals surface area contributed by atoms with Gasteiger partial charge in [-0.05, 0) is 90.5 Å². The largest absolute Gasteiger partial charge is 0.458 e. The first kappa shape index (κ1) is 66.1. The molecule has 484 valence electrons. The van der Waals surface area contributed by atoms with Gasteiger partial charge >= 0.3 is 11.9 Å². The Morgan fingerprint density at radius 2 is 1.16 bits per heavy atom. The van der Waals surface area contributed by atoms with E-state index in [1.807, 2.05) is 58.0 Å². The number of carbonyl (C=O) groups excluding carboxylic acids is 2. The van der Waals surface area contributed by atoms with Crippen LogP contribution in [-0.2, 0) is 71.1 Å². The highest BCUT2D eigenvalue weighted by atomic mass is 16.8. The first-order chi connectivity index (χ1) is 41.3. The summed E-state index contributed by atoms with van der Waals surface area (Å²) >= 11 is 0. The van der Waals surface area contributed by atoms with E-state index in [2.05, 4.69) is 0 Å². The van der Waals surface area contributed by atoms with Crippen molar-refractivity contribution >= 4 is 18.0 Å². The number of carbonyl (C=O) groups is 2. The Hall–Kier alpha value is -3.86. The number of hydrogen-bond donors (Lipinski definition) is 6. The minimum atomic E-state index is -2.17. The molecule has 8 aliphatic rings. The van der Waals surface area contributed by atoms with Crippen molar-refractivity contribution in [2.24, 2.45) is 16.7 Å². The molecule has 22 nitrogen and oxygen atoms in total. The van der Waals surface area contributed by atoms with Gasteiger partial charge in [0.15, 0.2) is 25.2 Å². The third-order valence-corrected chi connectivity index (χ3v) is 21.3. The Morgan fingerprint density at radius 1 is 0.621 bits per heavy atom. The number of methoxy groups -OCH3 is 4. The highest BCUT2D eigenvalue weighted by Crippen LogP contribution is 2.72. The van der Waals surface area contributed by atoms with Gasteiger partial charge in [-0.1, -0.05) is 74.5 Å². The molecule has 22 heteroatoms. The summed E-state index contributed by atoms with van der Waals surface area (Å²) in [6.07, 6.45) is -8.01. The lowest BCUT2D eigenvalue weighted by Crippen LogP contribution is -2.80. The molecule has 10 rings (SSSR count). The molecule has 0 bridgehead atoms. The predicted octanol–water partition coefficient (Wildman–Crippen LogP) is 4.83. The van der Waals surface area contributed by atoms with E-state index >= 15 is 0 Å². The van der Waals surface area contributed by atoms with Gasteiger partial charge in [-0.2, -0.15) is 0 Å². The summed E-state index contributed by atoms with van der Waals surface area (Å²) in [4.78, 5) is 27.5. The third-order valence-electron chi connectivity index (χ3n) is 21.3. The van der Waals surface area contributed by atoms with Crippen LogP contribution in [0.2, 0.25) is 0 Å². The van der Waals surface area contributed by atoms with Gasteiger partial charge in [0.25, 0.3) is 0 Å². The maximum absolute atomic E-state index is 14.0. The van der Waals surface area contributed by atoms with E-state index in [1.54, 1.807) is 84.6 Å². The van der Waals surface area contributed by atoms with E-state index in [-0.39, 0.29) is 44.1 Å². The van der Waals surface area contributed by atoms with E-state index in [4.69, 9.17) is 66.3 Å². The van der Waals surface area contributed by atoms with Gasteiger partial charge in [0.05, 0.1) is 65.4 Å². The summed E-state index contributed by atoms with van der Waals surface area (Å²) in [5, 5.41) is 74.2. The first-order valence-electron chi connectivity index (χ1n) is 30.8. The van der Waals surface area contributed by atoms with Crippen LogP contribution in [0, 0.1) is 16.7 Å². The Balaban J connectivity index is 0.787. The van der Waals surface area contributed by atoms with Crippen molar-refractivity contribution in [2.75, 3.05) is 28.4 Å². The summed E-state index contributed by atoms with van der Waals surface area (Å²) in [7, 11) is 6.17. The van der Waals surface area contributed by atoms with Gasteiger partial charge in [0, 0.05) is 71.5 Å². The molecule has 4 aliphatic carbocycles. The molecule has 0 amide bonds. The molecular formula is C65H92O22. The molecular weight excluding hydrogens is 1130 g/mol. The van der Waals surface area contributed by atoms with Crippen LogP contribution in [0.25, 0.3) is 6.08 Å². The van der Waals surface area contributed by atoms with Crippen molar-refractivity contribution in [1.82, 2.24) is 0 Å². The van der Waals surface area contributed by atoms with Gasteiger partial charge in [0.1, 0.15) is 65.6 Å². The second-order valence-electron chi connectivity index (χ2n) is 25.9. The van der Waals surface area contributed by atoms with Crippen molar-refractivity contribution < 1.29 is 107 Å². The van der Waals surface area contributed by atoms with Crippen LogP contribution in [-0.4, -0.2) is 216 Å². The molecule has 6 N–H and O–H groups in total. The second-order valence-corrected chi connectivity index (χ2v) is 25.9. The standard InChI is InChI=1S/C65H92O22/c1-35-52(67)57(77-11)53(68)59(81-35)87-56-38(4)80-51(32-45(56)76-10)86-55-37(3)79-50(31-44(55)75-9)85-54-36(2)78-49(30-43(54)74-8)83-42-24-25-60(6)46-33-47(84-48(66)23-22-40-18-14-12-15-19-40)61(7)63(71,39(5)82-58(69)41-20-16-13-17-21-41)28-29-65(61,73)64(46,72)27-26-62(60,70)34-42/h12-23,26-27,35-39,42-47,49-57,59,67-68,70-73H,24-25,28-34H2,1-11H3/t35-,36-,37-,38-,39+,42+,43+,44+,45+,46-,47-,49+,50+,51+,52-,53-,54-,55-,56-,57+,59+,60-,61-,62-,63-,64+,65-/m1/s1. The molecule has 2 aromatic carbocycles. The highest BCUT2D eigenvalue weighted by Gasteiger charge is 2.82. The number of aliphatic hydroxyl groups is 6. The zero-order valence-electron chi connectivity index (χ0n) is 51.8. The number of ether oxygens (including phenoxy) is 14. The highest BCUT2D eigenvalue weighted by molar-refractivity contribution is 5.89. The van der Waals surface area contributed by atoms with E-state index in [0.717, 1.165) is 5.56 Å². The molecule has 0 spiro atoms. The summed E-state index contributed by atoms with van der Waals surface area (Å²) < 4.78 is 87.2. The zero-order chi connectivity index (χ0) is 62.6. The number of hydrogen-bond acceptors (Lipinski definition) is 22. The maximum Gasteiger partial charge on any atom is 0.338 e. The molecule has 0 aromatic heterocycles. The minimum absolute atomic E-state index is 0.0771. The number of benzene rings is 2. The van der Waals surface area contributed by atoms with Crippen molar-refractivity contribution in [1.29, 1.82) is 0 Å². The zero-order valence-corrected chi connectivity index (χ0v) is 51.8. The van der Waals surface area contributed by atoms with Gasteiger partial charge in [-0.15, -0.1) is 0 Å². The Bertz CT molecular complexity index is 2720. The lowest BCUT2D eigenvalue weighted by Gasteiger charge is -2.68. The van der Waals surface area contributed by atoms with Crippen LogP contribution in [0.1, 0.15) is 122 Å². The minimum Gasteiger partial charge on any atom is -0.458 e. The van der Waals surface area contributed by atoms with E-state index in [1.165, 1.54) is 19.3 Å². The molecule has 0 unspecified atom stereocenters. The molecule has 4 heterocycles. The lowest BCUT2D eigenvalue weighted by molar-refractivity contribution is -0.356.